The summed E-state index contributed by atoms with van der Waals surface area (Å²) in [6.45, 7) is 0. The maximum absolute atomic E-state index is 12.0. The van der Waals surface area contributed by atoms with Gasteiger partial charge in [0.15, 0.2) is 0 Å². The van der Waals surface area contributed by atoms with E-state index in [1.54, 1.807) is 36.5 Å². The van der Waals surface area contributed by atoms with Crippen molar-refractivity contribution in [2.75, 3.05) is 12.4 Å². The number of aromatic nitrogens is 3. The maximum atomic E-state index is 12.0. The highest BCUT2D eigenvalue weighted by atomic mass is 35.5. The van der Waals surface area contributed by atoms with Crippen molar-refractivity contribution in [3.63, 3.8) is 0 Å². The highest BCUT2D eigenvalue weighted by molar-refractivity contribution is 6.32. The number of rotatable bonds is 6. The number of hydrogen-bond donors (Lipinski definition) is 1. The minimum atomic E-state index is -0.182. The van der Waals surface area contributed by atoms with E-state index < -0.39 is 0 Å². The molecule has 0 spiro atoms. The second kappa shape index (κ2) is 7.76. The lowest BCUT2D eigenvalue weighted by molar-refractivity contribution is -0.116. The topological polar surface area (TPSA) is 90.1 Å². The Morgan fingerprint density at radius 3 is 2.88 bits per heavy atom. The van der Waals surface area contributed by atoms with Gasteiger partial charge in [-0.1, -0.05) is 17.7 Å². The fourth-order valence-electron chi connectivity index (χ4n) is 2.14. The monoisotopic (exact) mass is 358 g/mol. The number of anilines is 1. The van der Waals surface area contributed by atoms with Gasteiger partial charge in [0.2, 0.25) is 11.8 Å². The van der Waals surface area contributed by atoms with Gasteiger partial charge in [0, 0.05) is 24.7 Å². The van der Waals surface area contributed by atoms with Crippen LogP contribution < -0.4 is 10.1 Å². The standard InChI is InChI=1S/C17H15ClN4O3/c1-24-14-6-5-11(10-12(14)18)20-15(23)7-8-16-21-22-17(25-16)13-4-2-3-9-19-13/h2-6,9-10H,7-8H2,1H3,(H,20,23). The van der Waals surface area contributed by atoms with E-state index in [0.29, 0.717) is 40.4 Å². The first-order valence-corrected chi connectivity index (χ1v) is 7.90. The van der Waals surface area contributed by atoms with Gasteiger partial charge in [-0.15, -0.1) is 10.2 Å². The first kappa shape index (κ1) is 16.9. The summed E-state index contributed by atoms with van der Waals surface area (Å²) in [5.74, 6) is 1.08. The lowest BCUT2D eigenvalue weighted by atomic mass is 10.2. The molecule has 0 saturated carbocycles. The Morgan fingerprint density at radius 1 is 1.28 bits per heavy atom. The van der Waals surface area contributed by atoms with Crippen LogP contribution in [0.15, 0.2) is 47.0 Å². The number of amides is 1. The molecule has 3 rings (SSSR count). The van der Waals surface area contributed by atoms with Gasteiger partial charge in [-0.25, -0.2) is 0 Å². The Morgan fingerprint density at radius 2 is 2.16 bits per heavy atom. The van der Waals surface area contributed by atoms with E-state index in [9.17, 15) is 4.79 Å². The number of halogens is 1. The number of hydrogen-bond acceptors (Lipinski definition) is 6. The first-order valence-electron chi connectivity index (χ1n) is 7.53. The number of methoxy groups -OCH3 is 1. The molecule has 0 aliphatic carbocycles. The second-order valence-corrected chi connectivity index (χ2v) is 5.52. The van der Waals surface area contributed by atoms with E-state index in [1.165, 1.54) is 7.11 Å². The number of carbonyl (C=O) groups is 1. The molecule has 128 valence electrons. The van der Waals surface area contributed by atoms with Crippen LogP contribution in [0.5, 0.6) is 5.75 Å². The van der Waals surface area contributed by atoms with E-state index >= 15 is 0 Å². The Hall–Kier alpha value is -2.93. The molecular weight excluding hydrogens is 344 g/mol. The molecule has 1 amide bonds. The Labute approximate surface area is 149 Å². The van der Waals surface area contributed by atoms with E-state index in [-0.39, 0.29) is 12.3 Å². The summed E-state index contributed by atoms with van der Waals surface area (Å²) in [5.41, 5.74) is 1.19. The summed E-state index contributed by atoms with van der Waals surface area (Å²) < 4.78 is 10.6. The molecule has 1 aromatic carbocycles. The van der Waals surface area contributed by atoms with Crippen LogP contribution in [0.4, 0.5) is 5.69 Å². The molecule has 0 bridgehead atoms. The van der Waals surface area contributed by atoms with Crippen LogP contribution in [0.1, 0.15) is 12.3 Å². The lowest BCUT2D eigenvalue weighted by Gasteiger charge is -2.07. The number of aryl methyl sites for hydroxylation is 1. The summed E-state index contributed by atoms with van der Waals surface area (Å²) in [4.78, 5) is 16.2. The number of ether oxygens (including phenoxy) is 1. The third-order valence-electron chi connectivity index (χ3n) is 3.35. The molecule has 3 aromatic rings. The number of nitrogens with zero attached hydrogens (tertiary/aromatic N) is 3. The van der Waals surface area contributed by atoms with Crippen molar-refractivity contribution in [1.29, 1.82) is 0 Å². The zero-order chi connectivity index (χ0) is 17.6. The third-order valence-corrected chi connectivity index (χ3v) is 3.65. The normalized spacial score (nSPS) is 10.5. The summed E-state index contributed by atoms with van der Waals surface area (Å²) in [6.07, 6.45) is 2.18. The molecule has 2 heterocycles. The van der Waals surface area contributed by atoms with Gasteiger partial charge >= 0.3 is 0 Å². The predicted octanol–water partition coefficient (Wildman–Crippen LogP) is 3.36. The molecule has 0 saturated heterocycles. The van der Waals surface area contributed by atoms with Crippen molar-refractivity contribution in [2.45, 2.75) is 12.8 Å². The smallest absolute Gasteiger partial charge is 0.266 e. The molecule has 25 heavy (non-hydrogen) atoms. The molecule has 2 aromatic heterocycles. The number of nitrogens with one attached hydrogen (secondary N) is 1. The van der Waals surface area contributed by atoms with Gasteiger partial charge in [-0.3, -0.25) is 9.78 Å². The van der Waals surface area contributed by atoms with Crippen LogP contribution >= 0.6 is 11.6 Å². The summed E-state index contributed by atoms with van der Waals surface area (Å²) in [6, 6.07) is 10.4. The molecule has 1 N–H and O–H groups in total. The minimum absolute atomic E-state index is 0.182. The fourth-order valence-corrected chi connectivity index (χ4v) is 2.39. The summed E-state index contributed by atoms with van der Waals surface area (Å²) in [5, 5.41) is 11.1. The Balaban J connectivity index is 1.56. The lowest BCUT2D eigenvalue weighted by Crippen LogP contribution is -2.12. The second-order valence-electron chi connectivity index (χ2n) is 5.11. The van der Waals surface area contributed by atoms with Crippen LogP contribution in [0, 0.1) is 0 Å². The summed E-state index contributed by atoms with van der Waals surface area (Å²) >= 11 is 6.03. The van der Waals surface area contributed by atoms with E-state index in [2.05, 4.69) is 20.5 Å². The molecule has 0 atom stereocenters. The Kier molecular flexibility index (Phi) is 5.25. The van der Waals surface area contributed by atoms with Crippen LogP contribution in [0.25, 0.3) is 11.6 Å². The van der Waals surface area contributed by atoms with Crippen molar-refractivity contribution in [3.05, 3.63) is 53.5 Å². The molecule has 8 heteroatoms. The molecule has 0 radical (unpaired) electrons. The third kappa shape index (κ3) is 4.33. The number of pyridine rings is 1. The van der Waals surface area contributed by atoms with Crippen LogP contribution in [-0.2, 0) is 11.2 Å². The van der Waals surface area contributed by atoms with Crippen molar-refractivity contribution < 1.29 is 13.9 Å². The van der Waals surface area contributed by atoms with Gasteiger partial charge in [0.05, 0.1) is 12.1 Å². The SMILES string of the molecule is COc1ccc(NC(=O)CCc2nnc(-c3ccccn3)o2)cc1Cl. The average molecular weight is 359 g/mol. The molecule has 0 aliphatic rings. The van der Waals surface area contributed by atoms with Crippen molar-refractivity contribution in [2.24, 2.45) is 0 Å². The molecule has 0 unspecified atom stereocenters. The van der Waals surface area contributed by atoms with Crippen molar-refractivity contribution in [1.82, 2.24) is 15.2 Å². The van der Waals surface area contributed by atoms with Crippen LogP contribution in [0.3, 0.4) is 0 Å². The van der Waals surface area contributed by atoms with Gasteiger partial charge < -0.3 is 14.5 Å². The highest BCUT2D eigenvalue weighted by Gasteiger charge is 2.12. The minimum Gasteiger partial charge on any atom is -0.495 e. The van der Waals surface area contributed by atoms with Gasteiger partial charge in [-0.05, 0) is 30.3 Å². The molecule has 7 nitrogen and oxygen atoms in total. The van der Waals surface area contributed by atoms with Crippen LogP contribution in [-0.4, -0.2) is 28.2 Å². The first-order chi connectivity index (χ1) is 12.2. The van der Waals surface area contributed by atoms with Gasteiger partial charge in [0.1, 0.15) is 11.4 Å². The van der Waals surface area contributed by atoms with E-state index in [0.717, 1.165) is 0 Å². The highest BCUT2D eigenvalue weighted by Crippen LogP contribution is 2.27. The maximum Gasteiger partial charge on any atom is 0.266 e. The zero-order valence-corrected chi connectivity index (χ0v) is 14.2. The fraction of sp³-hybridized carbons (Fsp3) is 0.176. The zero-order valence-electron chi connectivity index (χ0n) is 13.4. The Bertz CT molecular complexity index is 867. The largest absolute Gasteiger partial charge is 0.495 e. The van der Waals surface area contributed by atoms with E-state index in [4.69, 9.17) is 20.8 Å². The van der Waals surface area contributed by atoms with Crippen molar-refractivity contribution >= 4 is 23.2 Å². The van der Waals surface area contributed by atoms with E-state index in [1.807, 2.05) is 6.07 Å². The number of carbonyl (C=O) groups excluding carboxylic acids is 1. The van der Waals surface area contributed by atoms with Crippen LogP contribution in [0.2, 0.25) is 5.02 Å². The summed E-state index contributed by atoms with van der Waals surface area (Å²) in [7, 11) is 1.53. The average Bonchev–Trinajstić information content (AvgIpc) is 3.10. The molecule has 0 fully saturated rings. The van der Waals surface area contributed by atoms with Gasteiger partial charge in [0.25, 0.3) is 5.89 Å². The van der Waals surface area contributed by atoms with Crippen molar-refractivity contribution in [3.8, 4) is 17.3 Å². The predicted molar refractivity (Wildman–Crippen MR) is 92.5 cm³/mol. The molecular formula is C17H15ClN4O3. The molecule has 0 aliphatic heterocycles. The number of benzene rings is 1. The quantitative estimate of drug-likeness (QED) is 0.726. The van der Waals surface area contributed by atoms with Gasteiger partial charge in [-0.2, -0.15) is 0 Å².